The zero-order chi connectivity index (χ0) is 16.7. The van der Waals surface area contributed by atoms with Gasteiger partial charge in [0.2, 0.25) is 0 Å². The number of fused-ring (bicyclic) bond motifs is 3. The number of hydrogen-bond acceptors (Lipinski definition) is 2. The Hall–Kier alpha value is -2.90. The van der Waals surface area contributed by atoms with Crippen LogP contribution in [0, 0.1) is 6.57 Å². The average molecular weight is 328 g/mol. The number of nitrogens with zero attached hydrogens (tertiary/aromatic N) is 2. The third-order valence-corrected chi connectivity index (χ3v) is 6.81. The Balaban J connectivity index is 1.99. The number of aromatic nitrogens is 1. The Bertz CT molecular complexity index is 975. The van der Waals surface area contributed by atoms with Gasteiger partial charge in [-0.2, -0.15) is 0 Å². The van der Waals surface area contributed by atoms with Gasteiger partial charge in [0.1, 0.15) is 5.75 Å². The third-order valence-electron chi connectivity index (χ3n) is 4.38. The smallest absolute Gasteiger partial charge is 0.276 e. The number of para-hydroxylation sites is 1. The highest BCUT2D eigenvalue weighted by Crippen LogP contribution is 2.43. The summed E-state index contributed by atoms with van der Waals surface area (Å²) in [4.78, 5) is 8.06. The molecule has 1 aliphatic rings. The predicted octanol–water partition coefficient (Wildman–Crippen LogP) is 4.77. The van der Waals surface area contributed by atoms with Crippen LogP contribution in [0.4, 0.5) is 5.69 Å². The first-order valence-corrected chi connectivity index (χ1v) is 10.8. The normalized spacial score (nSPS) is 14.0. The molecule has 3 nitrogen and oxygen atoms in total. The van der Waals surface area contributed by atoms with E-state index in [0.717, 1.165) is 22.6 Å². The van der Waals surface area contributed by atoms with Gasteiger partial charge in [-0.05, 0) is 42.0 Å². The Kier molecular flexibility index (Phi) is 3.26. The van der Waals surface area contributed by atoms with Crippen LogP contribution in [-0.4, -0.2) is 13.3 Å². The third kappa shape index (κ3) is 2.22. The number of rotatable bonds is 1. The van der Waals surface area contributed by atoms with Crippen molar-refractivity contribution < 1.29 is 4.43 Å². The lowest BCUT2D eigenvalue weighted by molar-refractivity contribution is 0.564. The van der Waals surface area contributed by atoms with E-state index >= 15 is 0 Å². The standard InChI is InChI=1S/C20H16N2OSi/c1-21-14-10-11-15-16-7-6-8-17(18-9-4-5-12-22-18)20(16)23-24(2,3)19(15)13-14/h4-13H,2-3H3. The van der Waals surface area contributed by atoms with Crippen LogP contribution in [0.1, 0.15) is 0 Å². The largest absolute Gasteiger partial charge is 0.539 e. The Morgan fingerprint density at radius 3 is 2.54 bits per heavy atom. The highest BCUT2D eigenvalue weighted by atomic mass is 28.4. The summed E-state index contributed by atoms with van der Waals surface area (Å²) in [6.07, 6.45) is 1.80. The molecular weight excluding hydrogens is 312 g/mol. The van der Waals surface area contributed by atoms with Crippen molar-refractivity contribution in [1.82, 2.24) is 4.98 Å². The van der Waals surface area contributed by atoms with Crippen molar-refractivity contribution >= 4 is 19.2 Å². The highest BCUT2D eigenvalue weighted by molar-refractivity contribution is 6.86. The lowest BCUT2D eigenvalue weighted by atomic mass is 9.99. The summed E-state index contributed by atoms with van der Waals surface area (Å²) in [7, 11) is -2.15. The minimum atomic E-state index is -2.15. The number of pyridine rings is 1. The van der Waals surface area contributed by atoms with Crippen LogP contribution < -0.4 is 9.61 Å². The molecular formula is C20H16N2OSi. The zero-order valence-electron chi connectivity index (χ0n) is 13.6. The van der Waals surface area contributed by atoms with E-state index in [-0.39, 0.29) is 0 Å². The first-order chi connectivity index (χ1) is 11.6. The molecule has 116 valence electrons. The van der Waals surface area contributed by atoms with Crippen LogP contribution in [-0.2, 0) is 0 Å². The van der Waals surface area contributed by atoms with Crippen molar-refractivity contribution in [1.29, 1.82) is 0 Å². The Morgan fingerprint density at radius 2 is 1.79 bits per heavy atom. The summed E-state index contributed by atoms with van der Waals surface area (Å²) in [5.74, 6) is 0.913. The molecule has 0 spiro atoms. The van der Waals surface area contributed by atoms with Gasteiger partial charge in [-0.1, -0.05) is 36.4 Å². The Morgan fingerprint density at radius 1 is 0.958 bits per heavy atom. The molecule has 0 bridgehead atoms. The molecule has 0 N–H and O–H groups in total. The van der Waals surface area contributed by atoms with Gasteiger partial charge in [0.15, 0.2) is 5.69 Å². The molecule has 0 amide bonds. The lowest BCUT2D eigenvalue weighted by Gasteiger charge is -2.34. The van der Waals surface area contributed by atoms with E-state index in [9.17, 15) is 0 Å². The molecule has 3 aromatic rings. The monoisotopic (exact) mass is 328 g/mol. The molecule has 2 aromatic carbocycles. The van der Waals surface area contributed by atoms with E-state index in [1.807, 2.05) is 36.4 Å². The van der Waals surface area contributed by atoms with Crippen LogP contribution in [0.2, 0.25) is 13.1 Å². The van der Waals surface area contributed by atoms with Crippen LogP contribution >= 0.6 is 0 Å². The van der Waals surface area contributed by atoms with E-state index in [1.165, 1.54) is 10.8 Å². The molecule has 1 aromatic heterocycles. The highest BCUT2D eigenvalue weighted by Gasteiger charge is 2.37. The number of hydrogen-bond donors (Lipinski definition) is 0. The van der Waals surface area contributed by atoms with Crippen molar-refractivity contribution in [2.75, 3.05) is 0 Å². The van der Waals surface area contributed by atoms with E-state index in [0.29, 0.717) is 5.69 Å². The fourth-order valence-corrected chi connectivity index (χ4v) is 5.43. The van der Waals surface area contributed by atoms with Gasteiger partial charge < -0.3 is 4.43 Å². The minimum absolute atomic E-state index is 0.669. The van der Waals surface area contributed by atoms with Gasteiger partial charge >= 0.3 is 0 Å². The topological polar surface area (TPSA) is 26.5 Å². The van der Waals surface area contributed by atoms with Crippen LogP contribution in [0.15, 0.2) is 60.8 Å². The molecule has 0 atom stereocenters. The molecule has 0 saturated heterocycles. The first-order valence-electron chi connectivity index (χ1n) is 7.86. The number of benzene rings is 2. The predicted molar refractivity (Wildman–Crippen MR) is 99.1 cm³/mol. The van der Waals surface area contributed by atoms with Gasteiger partial charge in [0, 0.05) is 17.3 Å². The second kappa shape index (κ2) is 5.33. The molecule has 0 aliphatic carbocycles. The summed E-state index contributed by atoms with van der Waals surface area (Å²) in [5, 5.41) is 1.18. The first kappa shape index (κ1) is 14.7. The van der Waals surface area contributed by atoms with Crippen molar-refractivity contribution in [2.24, 2.45) is 0 Å². The SMILES string of the molecule is [C-]#[N+]c1ccc2c(c1)[Si](C)(C)Oc1c(-c3ccccn3)cccc1-2. The Labute approximate surface area is 142 Å². The van der Waals surface area contributed by atoms with Crippen LogP contribution in [0.3, 0.4) is 0 Å². The molecule has 1 aliphatic heterocycles. The van der Waals surface area contributed by atoms with Gasteiger partial charge in [-0.15, -0.1) is 0 Å². The van der Waals surface area contributed by atoms with E-state index < -0.39 is 8.32 Å². The van der Waals surface area contributed by atoms with Crippen LogP contribution in [0.5, 0.6) is 5.75 Å². The maximum absolute atomic E-state index is 7.27. The van der Waals surface area contributed by atoms with E-state index in [1.54, 1.807) is 6.20 Å². The molecule has 0 unspecified atom stereocenters. The van der Waals surface area contributed by atoms with Crippen molar-refractivity contribution in [3.05, 3.63) is 72.2 Å². The molecule has 2 heterocycles. The molecule has 0 radical (unpaired) electrons. The van der Waals surface area contributed by atoms with E-state index in [4.69, 9.17) is 11.0 Å². The van der Waals surface area contributed by atoms with Crippen LogP contribution in [0.25, 0.3) is 27.2 Å². The zero-order valence-corrected chi connectivity index (χ0v) is 14.6. The summed E-state index contributed by atoms with van der Waals surface area (Å²) >= 11 is 0. The summed E-state index contributed by atoms with van der Waals surface area (Å²) in [5.41, 5.74) is 4.87. The van der Waals surface area contributed by atoms with Gasteiger partial charge in [-0.25, -0.2) is 4.85 Å². The average Bonchev–Trinajstić information content (AvgIpc) is 2.61. The fraction of sp³-hybridized carbons (Fsp3) is 0.100. The fourth-order valence-electron chi connectivity index (χ4n) is 3.23. The maximum Gasteiger partial charge on any atom is 0.276 e. The van der Waals surface area contributed by atoms with Crippen molar-refractivity contribution in [3.63, 3.8) is 0 Å². The summed E-state index contributed by atoms with van der Waals surface area (Å²) in [6, 6.07) is 18.0. The molecule has 4 heteroatoms. The second-order valence-electron chi connectivity index (χ2n) is 6.35. The summed E-state index contributed by atoms with van der Waals surface area (Å²) < 4.78 is 6.53. The van der Waals surface area contributed by atoms with Crippen molar-refractivity contribution in [2.45, 2.75) is 13.1 Å². The van der Waals surface area contributed by atoms with Gasteiger partial charge in [-0.3, -0.25) is 4.98 Å². The molecule has 24 heavy (non-hydrogen) atoms. The molecule has 0 saturated carbocycles. The summed E-state index contributed by atoms with van der Waals surface area (Å²) in [6.45, 7) is 11.6. The molecule has 0 fully saturated rings. The quantitative estimate of drug-likeness (QED) is 0.475. The molecule has 4 rings (SSSR count). The van der Waals surface area contributed by atoms with Crippen molar-refractivity contribution in [3.8, 4) is 28.1 Å². The van der Waals surface area contributed by atoms with E-state index in [2.05, 4.69) is 41.1 Å². The minimum Gasteiger partial charge on any atom is -0.539 e. The maximum atomic E-state index is 7.27. The second-order valence-corrected chi connectivity index (χ2v) is 10.1. The van der Waals surface area contributed by atoms with Gasteiger partial charge in [0.25, 0.3) is 8.32 Å². The lowest BCUT2D eigenvalue weighted by Crippen LogP contribution is -2.50. The van der Waals surface area contributed by atoms with Gasteiger partial charge in [0.05, 0.1) is 12.3 Å².